The number of hydrogen-bond acceptors (Lipinski definition) is 6. The van der Waals surface area contributed by atoms with E-state index >= 15 is 0 Å². The van der Waals surface area contributed by atoms with Gasteiger partial charge in [0.25, 0.3) is 5.91 Å². The lowest BCUT2D eigenvalue weighted by Crippen LogP contribution is -2.43. The number of amides is 1. The van der Waals surface area contributed by atoms with Gasteiger partial charge >= 0.3 is 0 Å². The SMILES string of the molecule is Cc1noc(C)c1COc1ccc(C(=O)N[C@H](CN2CCOCC2)c2ccccc2)cc1. The van der Waals surface area contributed by atoms with Crippen LogP contribution < -0.4 is 10.1 Å². The van der Waals surface area contributed by atoms with Crippen molar-refractivity contribution < 1.29 is 18.8 Å². The van der Waals surface area contributed by atoms with Crippen molar-refractivity contribution in [3.05, 3.63) is 82.7 Å². The summed E-state index contributed by atoms with van der Waals surface area (Å²) in [7, 11) is 0. The molecule has 0 aliphatic carbocycles. The van der Waals surface area contributed by atoms with Crippen molar-refractivity contribution in [1.82, 2.24) is 15.4 Å². The number of carbonyl (C=O) groups excluding carboxylic acids is 1. The third kappa shape index (κ3) is 5.55. The summed E-state index contributed by atoms with van der Waals surface area (Å²) in [5.74, 6) is 1.34. The third-order valence-corrected chi connectivity index (χ3v) is 5.73. The standard InChI is InChI=1S/C25H29N3O4/c1-18-23(19(2)32-27-18)17-31-22-10-8-21(9-11-22)25(29)26-24(20-6-4-3-5-7-20)16-28-12-14-30-15-13-28/h3-11,24H,12-17H2,1-2H3,(H,26,29)/t24-/m1/s1. The summed E-state index contributed by atoms with van der Waals surface area (Å²) in [6, 6.07) is 17.2. The fourth-order valence-corrected chi connectivity index (χ4v) is 3.77. The number of nitrogens with zero attached hydrogens (tertiary/aromatic N) is 2. The number of rotatable bonds is 8. The van der Waals surface area contributed by atoms with E-state index in [2.05, 4.69) is 27.5 Å². The Morgan fingerprint density at radius 3 is 2.47 bits per heavy atom. The lowest BCUT2D eigenvalue weighted by Gasteiger charge is -2.31. The van der Waals surface area contributed by atoms with Crippen LogP contribution in [0.3, 0.4) is 0 Å². The summed E-state index contributed by atoms with van der Waals surface area (Å²) >= 11 is 0. The van der Waals surface area contributed by atoms with E-state index in [1.807, 2.05) is 44.2 Å². The fraction of sp³-hybridized carbons (Fsp3) is 0.360. The summed E-state index contributed by atoms with van der Waals surface area (Å²) in [6.07, 6.45) is 0. The summed E-state index contributed by atoms with van der Waals surface area (Å²) in [4.78, 5) is 15.3. The molecular formula is C25H29N3O4. The van der Waals surface area contributed by atoms with Crippen LogP contribution >= 0.6 is 0 Å². The normalized spacial score (nSPS) is 15.3. The van der Waals surface area contributed by atoms with Crippen molar-refractivity contribution in [2.75, 3.05) is 32.8 Å². The largest absolute Gasteiger partial charge is 0.489 e. The highest BCUT2D eigenvalue weighted by Gasteiger charge is 2.21. The van der Waals surface area contributed by atoms with Crippen LogP contribution in [0, 0.1) is 13.8 Å². The van der Waals surface area contributed by atoms with Crippen LogP contribution in [-0.4, -0.2) is 48.8 Å². The molecule has 1 atom stereocenters. The van der Waals surface area contributed by atoms with Gasteiger partial charge in [0.15, 0.2) is 0 Å². The molecule has 7 nitrogen and oxygen atoms in total. The Labute approximate surface area is 188 Å². The molecule has 32 heavy (non-hydrogen) atoms. The number of ether oxygens (including phenoxy) is 2. The van der Waals surface area contributed by atoms with Gasteiger partial charge in [0.2, 0.25) is 0 Å². The number of hydrogen-bond donors (Lipinski definition) is 1. The minimum Gasteiger partial charge on any atom is -0.489 e. The zero-order chi connectivity index (χ0) is 22.3. The van der Waals surface area contributed by atoms with Crippen molar-refractivity contribution in [1.29, 1.82) is 0 Å². The predicted octanol–water partition coefficient (Wildman–Crippen LogP) is 3.67. The van der Waals surface area contributed by atoms with E-state index in [-0.39, 0.29) is 11.9 Å². The minimum absolute atomic E-state index is 0.0998. The molecule has 1 aliphatic heterocycles. The second kappa shape index (κ2) is 10.4. The molecule has 1 aromatic heterocycles. The van der Waals surface area contributed by atoms with Gasteiger partial charge in [0.05, 0.1) is 30.5 Å². The molecule has 4 rings (SSSR count). The highest BCUT2D eigenvalue weighted by Crippen LogP contribution is 2.20. The topological polar surface area (TPSA) is 76.8 Å². The van der Waals surface area contributed by atoms with Gasteiger partial charge in [-0.25, -0.2) is 0 Å². The van der Waals surface area contributed by atoms with Gasteiger partial charge < -0.3 is 19.3 Å². The molecule has 1 saturated heterocycles. The van der Waals surface area contributed by atoms with E-state index in [1.165, 1.54) is 0 Å². The van der Waals surface area contributed by atoms with Gasteiger partial charge in [-0.3, -0.25) is 9.69 Å². The van der Waals surface area contributed by atoms with Gasteiger partial charge in [-0.2, -0.15) is 0 Å². The Hall–Kier alpha value is -3.16. The fourth-order valence-electron chi connectivity index (χ4n) is 3.77. The first kappa shape index (κ1) is 22.0. The zero-order valence-electron chi connectivity index (χ0n) is 18.5. The van der Waals surface area contributed by atoms with Crippen LogP contribution in [0.4, 0.5) is 0 Å². The number of nitrogens with one attached hydrogen (secondary N) is 1. The first-order valence-electron chi connectivity index (χ1n) is 10.9. The molecule has 0 bridgehead atoms. The average molecular weight is 436 g/mol. The third-order valence-electron chi connectivity index (χ3n) is 5.73. The monoisotopic (exact) mass is 435 g/mol. The zero-order valence-corrected chi connectivity index (χ0v) is 18.5. The summed E-state index contributed by atoms with van der Waals surface area (Å²) in [5.41, 5.74) is 3.45. The minimum atomic E-state index is -0.107. The van der Waals surface area contributed by atoms with Crippen molar-refractivity contribution in [3.8, 4) is 5.75 Å². The van der Waals surface area contributed by atoms with Crippen LogP contribution in [0.25, 0.3) is 0 Å². The van der Waals surface area contributed by atoms with E-state index in [4.69, 9.17) is 14.0 Å². The van der Waals surface area contributed by atoms with Crippen molar-refractivity contribution in [2.45, 2.75) is 26.5 Å². The van der Waals surface area contributed by atoms with Crippen LogP contribution in [0.1, 0.15) is 39.0 Å². The summed E-state index contributed by atoms with van der Waals surface area (Å²) in [5, 5.41) is 7.14. The molecule has 2 aromatic carbocycles. The Morgan fingerprint density at radius 2 is 1.81 bits per heavy atom. The Kier molecular flexibility index (Phi) is 7.19. The quantitative estimate of drug-likeness (QED) is 0.582. The van der Waals surface area contributed by atoms with E-state index in [1.54, 1.807) is 12.1 Å². The number of aryl methyl sites for hydroxylation is 2. The Bertz CT molecular complexity index is 992. The summed E-state index contributed by atoms with van der Waals surface area (Å²) < 4.78 is 16.5. The van der Waals surface area contributed by atoms with Crippen molar-refractivity contribution in [3.63, 3.8) is 0 Å². The maximum atomic E-state index is 13.0. The van der Waals surface area contributed by atoms with Gasteiger partial charge in [-0.1, -0.05) is 35.5 Å². The molecule has 0 spiro atoms. The van der Waals surface area contributed by atoms with Gasteiger partial charge in [-0.05, 0) is 43.7 Å². The smallest absolute Gasteiger partial charge is 0.251 e. The molecule has 1 N–H and O–H groups in total. The molecule has 3 aromatic rings. The second-order valence-electron chi connectivity index (χ2n) is 7.97. The van der Waals surface area contributed by atoms with Crippen molar-refractivity contribution in [2.24, 2.45) is 0 Å². The molecule has 168 valence electrons. The predicted molar refractivity (Wildman–Crippen MR) is 121 cm³/mol. The molecule has 7 heteroatoms. The van der Waals surface area contributed by atoms with E-state index < -0.39 is 0 Å². The van der Waals surface area contributed by atoms with Crippen LogP contribution in [0.5, 0.6) is 5.75 Å². The van der Waals surface area contributed by atoms with Crippen LogP contribution in [0.2, 0.25) is 0 Å². The molecule has 1 aliphatic rings. The first-order valence-corrected chi connectivity index (χ1v) is 10.9. The first-order chi connectivity index (χ1) is 15.6. The number of carbonyl (C=O) groups is 1. The van der Waals surface area contributed by atoms with E-state index in [0.29, 0.717) is 17.9 Å². The molecule has 0 saturated carbocycles. The number of aromatic nitrogens is 1. The van der Waals surface area contributed by atoms with Crippen LogP contribution in [-0.2, 0) is 11.3 Å². The van der Waals surface area contributed by atoms with Crippen molar-refractivity contribution >= 4 is 5.91 Å². The Morgan fingerprint density at radius 1 is 1.09 bits per heavy atom. The molecule has 0 unspecified atom stereocenters. The summed E-state index contributed by atoms with van der Waals surface area (Å²) in [6.45, 7) is 8.08. The number of morpholine rings is 1. The molecule has 0 radical (unpaired) electrons. The average Bonchev–Trinajstić information content (AvgIpc) is 3.16. The molecule has 1 amide bonds. The van der Waals surface area contributed by atoms with Gasteiger partial charge in [-0.15, -0.1) is 0 Å². The second-order valence-corrected chi connectivity index (χ2v) is 7.97. The van der Waals surface area contributed by atoms with E-state index in [0.717, 1.165) is 55.4 Å². The maximum Gasteiger partial charge on any atom is 0.251 e. The number of benzene rings is 2. The lowest BCUT2D eigenvalue weighted by molar-refractivity contribution is 0.0332. The van der Waals surface area contributed by atoms with Gasteiger partial charge in [0.1, 0.15) is 18.1 Å². The Balaban J connectivity index is 1.40. The lowest BCUT2D eigenvalue weighted by atomic mass is 10.1. The highest BCUT2D eigenvalue weighted by atomic mass is 16.5. The molecular weight excluding hydrogens is 406 g/mol. The highest BCUT2D eigenvalue weighted by molar-refractivity contribution is 5.94. The molecule has 1 fully saturated rings. The maximum absolute atomic E-state index is 13.0. The van der Waals surface area contributed by atoms with Gasteiger partial charge in [0, 0.05) is 25.2 Å². The van der Waals surface area contributed by atoms with E-state index in [9.17, 15) is 4.79 Å². The molecule has 2 heterocycles. The van der Waals surface area contributed by atoms with Crippen LogP contribution in [0.15, 0.2) is 59.1 Å².